The number of rotatable bonds is 5. The molecule has 4 nitrogen and oxygen atoms in total. The van der Waals surface area contributed by atoms with E-state index in [4.69, 9.17) is 16.3 Å². The summed E-state index contributed by atoms with van der Waals surface area (Å²) < 4.78 is 5.09. The first-order valence-electron chi connectivity index (χ1n) is 6.99. The van der Waals surface area contributed by atoms with Gasteiger partial charge in [0.15, 0.2) is 0 Å². The van der Waals surface area contributed by atoms with E-state index in [0.717, 1.165) is 24.8 Å². The van der Waals surface area contributed by atoms with Crippen LogP contribution < -0.4 is 5.32 Å². The van der Waals surface area contributed by atoms with Gasteiger partial charge in [-0.25, -0.2) is 0 Å². The maximum atomic E-state index is 12.5. The van der Waals surface area contributed by atoms with Gasteiger partial charge in [0.05, 0.1) is 0 Å². The van der Waals surface area contributed by atoms with E-state index in [1.807, 2.05) is 29.2 Å². The number of methoxy groups -OCH3 is 1. The number of nitrogens with zero attached hydrogens (tertiary/aromatic N) is 1. The van der Waals surface area contributed by atoms with Gasteiger partial charge >= 0.3 is 0 Å². The molecule has 1 unspecified atom stereocenters. The Morgan fingerprint density at radius 1 is 1.40 bits per heavy atom. The number of halogens is 1. The van der Waals surface area contributed by atoms with E-state index in [2.05, 4.69) is 5.32 Å². The molecule has 2 aliphatic rings. The minimum absolute atomic E-state index is 0.0425. The van der Waals surface area contributed by atoms with Crippen LogP contribution in [0.3, 0.4) is 0 Å². The summed E-state index contributed by atoms with van der Waals surface area (Å²) in [5, 5.41) is 4.21. The van der Waals surface area contributed by atoms with Crippen molar-refractivity contribution in [2.75, 3.05) is 20.3 Å². The first kappa shape index (κ1) is 13.9. The average molecular weight is 295 g/mol. The van der Waals surface area contributed by atoms with Crippen molar-refractivity contribution < 1.29 is 9.53 Å². The molecule has 2 fully saturated rings. The molecule has 1 saturated carbocycles. The van der Waals surface area contributed by atoms with Crippen molar-refractivity contribution in [2.24, 2.45) is 0 Å². The molecule has 1 aromatic carbocycles. The molecular weight excluding hydrogens is 276 g/mol. The van der Waals surface area contributed by atoms with Gasteiger partial charge in [-0.05, 0) is 37.0 Å². The minimum atomic E-state index is -0.294. The summed E-state index contributed by atoms with van der Waals surface area (Å²) in [7, 11) is 1.68. The molecule has 1 atom stereocenters. The largest absolute Gasteiger partial charge is 0.385 e. The van der Waals surface area contributed by atoms with E-state index in [1.54, 1.807) is 7.11 Å². The third-order valence-corrected chi connectivity index (χ3v) is 4.33. The zero-order valence-electron chi connectivity index (χ0n) is 11.6. The Bertz CT molecular complexity index is 499. The van der Waals surface area contributed by atoms with Crippen molar-refractivity contribution in [3.8, 4) is 0 Å². The summed E-state index contributed by atoms with van der Waals surface area (Å²) in [6.45, 7) is 1.39. The number of carbonyl (C=O) groups excluding carboxylic acids is 1. The van der Waals surface area contributed by atoms with E-state index in [-0.39, 0.29) is 17.6 Å². The molecule has 108 valence electrons. The molecule has 0 radical (unpaired) electrons. The Morgan fingerprint density at radius 3 is 2.70 bits per heavy atom. The van der Waals surface area contributed by atoms with E-state index in [0.29, 0.717) is 18.2 Å². The number of hydrogen-bond donors (Lipinski definition) is 1. The maximum absolute atomic E-state index is 12.5. The lowest BCUT2D eigenvalue weighted by atomic mass is 10.1. The first-order chi connectivity index (χ1) is 9.66. The smallest absolute Gasteiger partial charge is 0.244 e. The molecule has 1 heterocycles. The summed E-state index contributed by atoms with van der Waals surface area (Å²) >= 11 is 5.94. The number of benzene rings is 1. The lowest BCUT2D eigenvalue weighted by Gasteiger charge is -2.24. The zero-order chi connectivity index (χ0) is 14.2. The van der Waals surface area contributed by atoms with Crippen LogP contribution in [0, 0.1) is 0 Å². The van der Waals surface area contributed by atoms with Gasteiger partial charge in [-0.2, -0.15) is 0 Å². The van der Waals surface area contributed by atoms with E-state index in [9.17, 15) is 4.79 Å². The molecule has 1 amide bonds. The van der Waals surface area contributed by atoms with Crippen LogP contribution in [0.25, 0.3) is 0 Å². The number of hydrogen-bond acceptors (Lipinski definition) is 3. The fourth-order valence-corrected chi connectivity index (χ4v) is 2.92. The van der Waals surface area contributed by atoms with Crippen molar-refractivity contribution >= 4 is 17.5 Å². The van der Waals surface area contributed by atoms with Crippen LogP contribution in [-0.2, 0) is 9.53 Å². The van der Waals surface area contributed by atoms with Gasteiger partial charge in [0.2, 0.25) is 5.91 Å². The quantitative estimate of drug-likeness (QED) is 0.848. The molecule has 1 spiro atoms. The highest BCUT2D eigenvalue weighted by molar-refractivity contribution is 6.30. The lowest BCUT2D eigenvalue weighted by Crippen LogP contribution is -2.33. The first-order valence-corrected chi connectivity index (χ1v) is 7.37. The van der Waals surface area contributed by atoms with Gasteiger partial charge in [0.25, 0.3) is 0 Å². The highest BCUT2D eigenvalue weighted by Crippen LogP contribution is 2.45. The molecular formula is C15H19ClN2O2. The third-order valence-electron chi connectivity index (χ3n) is 4.08. The Labute approximate surface area is 124 Å². The average Bonchev–Trinajstić information content (AvgIpc) is 3.18. The fourth-order valence-electron chi connectivity index (χ4n) is 2.79. The molecule has 1 aliphatic heterocycles. The number of amides is 1. The van der Waals surface area contributed by atoms with Crippen LogP contribution in [0.5, 0.6) is 0 Å². The van der Waals surface area contributed by atoms with Crippen molar-refractivity contribution in [3.63, 3.8) is 0 Å². The predicted octanol–water partition coefficient (Wildman–Crippen LogP) is 2.34. The van der Waals surface area contributed by atoms with Crippen molar-refractivity contribution in [1.82, 2.24) is 10.2 Å². The summed E-state index contributed by atoms with van der Waals surface area (Å²) in [6, 6.07) is 7.71. The van der Waals surface area contributed by atoms with Crippen molar-refractivity contribution in [2.45, 2.75) is 31.0 Å². The van der Waals surface area contributed by atoms with Gasteiger partial charge in [-0.3, -0.25) is 10.1 Å². The lowest BCUT2D eigenvalue weighted by molar-refractivity contribution is -0.131. The van der Waals surface area contributed by atoms with Crippen LogP contribution in [0.15, 0.2) is 24.3 Å². The molecule has 0 bridgehead atoms. The predicted molar refractivity (Wildman–Crippen MR) is 77.5 cm³/mol. The van der Waals surface area contributed by atoms with Crippen LogP contribution in [0.4, 0.5) is 0 Å². The van der Waals surface area contributed by atoms with Gasteiger partial charge in [-0.1, -0.05) is 23.7 Å². The third kappa shape index (κ3) is 2.43. The monoisotopic (exact) mass is 294 g/mol. The molecule has 1 aliphatic carbocycles. The summed E-state index contributed by atoms with van der Waals surface area (Å²) in [4.78, 5) is 14.5. The van der Waals surface area contributed by atoms with Crippen molar-refractivity contribution in [3.05, 3.63) is 34.9 Å². The Kier molecular flexibility index (Phi) is 3.71. The SMILES string of the molecule is COCCCN1C(=O)C2(CC2)NC1c1ccc(Cl)cc1. The van der Waals surface area contributed by atoms with Crippen LogP contribution in [0.1, 0.15) is 31.0 Å². The van der Waals surface area contributed by atoms with Crippen LogP contribution >= 0.6 is 11.6 Å². The maximum Gasteiger partial charge on any atom is 0.244 e. The molecule has 1 N–H and O–H groups in total. The zero-order valence-corrected chi connectivity index (χ0v) is 12.3. The molecule has 5 heteroatoms. The van der Waals surface area contributed by atoms with E-state index in [1.165, 1.54) is 0 Å². The number of nitrogens with one attached hydrogen (secondary N) is 1. The summed E-state index contributed by atoms with van der Waals surface area (Å²) in [6.07, 6.45) is 2.69. The van der Waals surface area contributed by atoms with Gasteiger partial charge in [0.1, 0.15) is 11.7 Å². The normalized spacial score (nSPS) is 23.6. The van der Waals surface area contributed by atoms with Crippen LogP contribution in [-0.4, -0.2) is 36.6 Å². The molecule has 20 heavy (non-hydrogen) atoms. The van der Waals surface area contributed by atoms with E-state index < -0.39 is 0 Å². The fraction of sp³-hybridized carbons (Fsp3) is 0.533. The van der Waals surface area contributed by atoms with Crippen LogP contribution in [0.2, 0.25) is 5.02 Å². The molecule has 0 aromatic heterocycles. The second kappa shape index (κ2) is 5.35. The molecule has 3 rings (SSSR count). The van der Waals surface area contributed by atoms with Crippen molar-refractivity contribution in [1.29, 1.82) is 0 Å². The minimum Gasteiger partial charge on any atom is -0.385 e. The number of ether oxygens (including phenoxy) is 1. The standard InChI is InChI=1S/C15H19ClN2O2/c1-20-10-2-9-18-13(11-3-5-12(16)6-4-11)17-15(7-8-15)14(18)19/h3-6,13,17H,2,7-10H2,1H3. The highest BCUT2D eigenvalue weighted by Gasteiger charge is 2.59. The highest BCUT2D eigenvalue weighted by atomic mass is 35.5. The number of carbonyl (C=O) groups is 1. The summed E-state index contributed by atoms with van der Waals surface area (Å²) in [5.41, 5.74) is 0.793. The molecule has 1 saturated heterocycles. The Hall–Kier alpha value is -1.10. The Balaban J connectivity index is 1.79. The summed E-state index contributed by atoms with van der Waals surface area (Å²) in [5.74, 6) is 0.230. The van der Waals surface area contributed by atoms with E-state index >= 15 is 0 Å². The second-order valence-electron chi connectivity index (χ2n) is 5.53. The van der Waals surface area contributed by atoms with Gasteiger partial charge in [0, 0.05) is 25.3 Å². The van der Waals surface area contributed by atoms with Gasteiger partial charge < -0.3 is 9.64 Å². The Morgan fingerprint density at radius 2 is 2.10 bits per heavy atom. The topological polar surface area (TPSA) is 41.6 Å². The van der Waals surface area contributed by atoms with Gasteiger partial charge in [-0.15, -0.1) is 0 Å². The second-order valence-corrected chi connectivity index (χ2v) is 5.96. The molecule has 1 aromatic rings.